The molecule has 1 aromatic rings. The summed E-state index contributed by atoms with van der Waals surface area (Å²) in [5.41, 5.74) is 1.89. The molecule has 5 heteroatoms. The molecule has 1 fully saturated rings. The summed E-state index contributed by atoms with van der Waals surface area (Å²) >= 11 is 0. The van der Waals surface area contributed by atoms with Crippen LogP contribution in [0.15, 0.2) is 24.3 Å². The van der Waals surface area contributed by atoms with Gasteiger partial charge in [-0.1, -0.05) is 12.1 Å². The molecule has 1 unspecified atom stereocenters. The van der Waals surface area contributed by atoms with Crippen LogP contribution in [-0.2, 0) is 16.1 Å². The number of hydrogen-bond donors (Lipinski definition) is 1. The van der Waals surface area contributed by atoms with Gasteiger partial charge in [-0.25, -0.2) is 0 Å². The standard InChI is InChI=1S/C14H18N2O3/c1-15(2)8-10-4-3-5-12(6-10)16-9-11(14(18)19)7-13(16)17/h3-6,11H,7-9H2,1-2H3,(H,18,19). The van der Waals surface area contributed by atoms with E-state index in [0.29, 0.717) is 0 Å². The molecule has 0 spiro atoms. The Hall–Kier alpha value is -1.88. The second-order valence-corrected chi connectivity index (χ2v) is 5.15. The molecule has 1 aromatic carbocycles. The summed E-state index contributed by atoms with van der Waals surface area (Å²) < 4.78 is 0. The Kier molecular flexibility index (Phi) is 3.85. The number of carbonyl (C=O) groups excluding carboxylic acids is 1. The third kappa shape index (κ3) is 3.12. The number of nitrogens with zero attached hydrogens (tertiary/aromatic N) is 2. The molecule has 0 bridgehead atoms. The lowest BCUT2D eigenvalue weighted by Crippen LogP contribution is -2.26. The van der Waals surface area contributed by atoms with Crippen LogP contribution in [0.25, 0.3) is 0 Å². The first-order chi connectivity index (χ1) is 8.97. The Morgan fingerprint density at radius 3 is 2.79 bits per heavy atom. The first-order valence-electron chi connectivity index (χ1n) is 6.24. The van der Waals surface area contributed by atoms with Crippen molar-refractivity contribution in [3.8, 4) is 0 Å². The van der Waals surface area contributed by atoms with E-state index in [1.807, 2.05) is 43.3 Å². The molecule has 1 aliphatic heterocycles. The Bertz CT molecular complexity index is 499. The number of amides is 1. The highest BCUT2D eigenvalue weighted by atomic mass is 16.4. The van der Waals surface area contributed by atoms with Crippen LogP contribution in [0.5, 0.6) is 0 Å². The number of benzene rings is 1. The summed E-state index contributed by atoms with van der Waals surface area (Å²) in [6.07, 6.45) is 0.0905. The van der Waals surface area contributed by atoms with Gasteiger partial charge in [0.25, 0.3) is 0 Å². The highest BCUT2D eigenvalue weighted by Gasteiger charge is 2.34. The van der Waals surface area contributed by atoms with Gasteiger partial charge in [0, 0.05) is 25.2 Å². The predicted molar refractivity (Wildman–Crippen MR) is 71.9 cm³/mol. The van der Waals surface area contributed by atoms with E-state index in [9.17, 15) is 9.59 Å². The summed E-state index contributed by atoms with van der Waals surface area (Å²) in [4.78, 5) is 26.4. The van der Waals surface area contributed by atoms with Crippen LogP contribution in [0.2, 0.25) is 0 Å². The maximum absolute atomic E-state index is 11.9. The number of carboxylic acids is 1. The highest BCUT2D eigenvalue weighted by Crippen LogP contribution is 2.26. The van der Waals surface area contributed by atoms with Crippen molar-refractivity contribution < 1.29 is 14.7 Å². The van der Waals surface area contributed by atoms with E-state index < -0.39 is 11.9 Å². The van der Waals surface area contributed by atoms with Crippen molar-refractivity contribution in [2.75, 3.05) is 25.5 Å². The van der Waals surface area contributed by atoms with E-state index in [-0.39, 0.29) is 18.9 Å². The first kappa shape index (κ1) is 13.5. The van der Waals surface area contributed by atoms with Crippen LogP contribution >= 0.6 is 0 Å². The van der Waals surface area contributed by atoms with E-state index in [4.69, 9.17) is 5.11 Å². The summed E-state index contributed by atoms with van der Waals surface area (Å²) in [6, 6.07) is 7.69. The molecule has 0 aliphatic carbocycles. The zero-order valence-electron chi connectivity index (χ0n) is 11.2. The van der Waals surface area contributed by atoms with Crippen molar-refractivity contribution in [3.63, 3.8) is 0 Å². The van der Waals surface area contributed by atoms with E-state index >= 15 is 0 Å². The average Bonchev–Trinajstić information content (AvgIpc) is 2.71. The zero-order chi connectivity index (χ0) is 14.0. The number of anilines is 1. The number of carboxylic acid groups (broad SMARTS) is 1. The zero-order valence-corrected chi connectivity index (χ0v) is 11.2. The van der Waals surface area contributed by atoms with Crippen molar-refractivity contribution in [2.24, 2.45) is 5.92 Å². The second-order valence-electron chi connectivity index (χ2n) is 5.15. The Morgan fingerprint density at radius 1 is 1.47 bits per heavy atom. The molecule has 1 heterocycles. The Balaban J connectivity index is 2.18. The van der Waals surface area contributed by atoms with Gasteiger partial charge < -0.3 is 14.9 Å². The maximum atomic E-state index is 11.9. The molecule has 5 nitrogen and oxygen atoms in total. The van der Waals surface area contributed by atoms with Crippen LogP contribution in [-0.4, -0.2) is 42.5 Å². The van der Waals surface area contributed by atoms with Gasteiger partial charge in [0.15, 0.2) is 0 Å². The molecule has 19 heavy (non-hydrogen) atoms. The van der Waals surface area contributed by atoms with Crippen LogP contribution < -0.4 is 4.90 Å². The van der Waals surface area contributed by atoms with E-state index in [0.717, 1.165) is 17.8 Å². The SMILES string of the molecule is CN(C)Cc1cccc(N2CC(C(=O)O)CC2=O)c1. The van der Waals surface area contributed by atoms with Gasteiger partial charge in [0.05, 0.1) is 5.92 Å². The van der Waals surface area contributed by atoms with Crippen molar-refractivity contribution in [1.82, 2.24) is 4.90 Å². The lowest BCUT2D eigenvalue weighted by atomic mass is 10.1. The van der Waals surface area contributed by atoms with Gasteiger partial charge in [0.1, 0.15) is 0 Å². The van der Waals surface area contributed by atoms with Crippen molar-refractivity contribution in [2.45, 2.75) is 13.0 Å². The molecule has 1 atom stereocenters. The molecule has 102 valence electrons. The average molecular weight is 262 g/mol. The highest BCUT2D eigenvalue weighted by molar-refractivity contribution is 5.99. The quantitative estimate of drug-likeness (QED) is 0.885. The molecule has 1 amide bonds. The van der Waals surface area contributed by atoms with Crippen molar-refractivity contribution >= 4 is 17.6 Å². The first-order valence-corrected chi connectivity index (χ1v) is 6.24. The molecule has 1 saturated heterocycles. The second kappa shape index (κ2) is 5.40. The molecule has 0 radical (unpaired) electrons. The van der Waals surface area contributed by atoms with Gasteiger partial charge in [-0.3, -0.25) is 9.59 Å². The molecule has 1 aliphatic rings. The molecule has 1 N–H and O–H groups in total. The molecule has 0 aromatic heterocycles. The van der Waals surface area contributed by atoms with Gasteiger partial charge in [-0.05, 0) is 31.8 Å². The minimum absolute atomic E-state index is 0.0905. The third-order valence-corrected chi connectivity index (χ3v) is 3.20. The largest absolute Gasteiger partial charge is 0.481 e. The monoisotopic (exact) mass is 262 g/mol. The number of rotatable bonds is 4. The van der Waals surface area contributed by atoms with Crippen LogP contribution in [0.1, 0.15) is 12.0 Å². The van der Waals surface area contributed by atoms with Crippen LogP contribution in [0, 0.1) is 5.92 Å². The smallest absolute Gasteiger partial charge is 0.308 e. The molecule has 2 rings (SSSR count). The van der Waals surface area contributed by atoms with Crippen LogP contribution in [0.3, 0.4) is 0 Å². The summed E-state index contributed by atoms with van der Waals surface area (Å²) in [7, 11) is 3.96. The summed E-state index contributed by atoms with van der Waals surface area (Å²) in [6.45, 7) is 1.05. The molecular formula is C14H18N2O3. The van der Waals surface area contributed by atoms with E-state index in [1.165, 1.54) is 0 Å². The summed E-state index contributed by atoms with van der Waals surface area (Å²) in [5, 5.41) is 8.98. The van der Waals surface area contributed by atoms with Crippen molar-refractivity contribution in [1.29, 1.82) is 0 Å². The Morgan fingerprint density at radius 2 is 2.21 bits per heavy atom. The van der Waals surface area contributed by atoms with Gasteiger partial charge in [-0.2, -0.15) is 0 Å². The maximum Gasteiger partial charge on any atom is 0.308 e. The topological polar surface area (TPSA) is 60.9 Å². The lowest BCUT2D eigenvalue weighted by molar-refractivity contribution is -0.141. The predicted octanol–water partition coefficient (Wildman–Crippen LogP) is 1.19. The number of aliphatic carboxylic acids is 1. The fraction of sp³-hybridized carbons (Fsp3) is 0.429. The fourth-order valence-corrected chi connectivity index (χ4v) is 2.31. The Labute approximate surface area is 112 Å². The number of hydrogen-bond acceptors (Lipinski definition) is 3. The van der Waals surface area contributed by atoms with Crippen LogP contribution in [0.4, 0.5) is 5.69 Å². The van der Waals surface area contributed by atoms with Crippen molar-refractivity contribution in [3.05, 3.63) is 29.8 Å². The fourth-order valence-electron chi connectivity index (χ4n) is 2.31. The number of carbonyl (C=O) groups is 2. The molecular weight excluding hydrogens is 244 g/mol. The van der Waals surface area contributed by atoms with Gasteiger partial charge >= 0.3 is 5.97 Å². The van der Waals surface area contributed by atoms with E-state index in [1.54, 1.807) is 4.90 Å². The third-order valence-electron chi connectivity index (χ3n) is 3.20. The lowest BCUT2D eigenvalue weighted by Gasteiger charge is -2.18. The minimum Gasteiger partial charge on any atom is -0.481 e. The van der Waals surface area contributed by atoms with Gasteiger partial charge in [0.2, 0.25) is 5.91 Å². The van der Waals surface area contributed by atoms with Gasteiger partial charge in [-0.15, -0.1) is 0 Å². The van der Waals surface area contributed by atoms with E-state index in [2.05, 4.69) is 0 Å². The molecule has 0 saturated carbocycles. The summed E-state index contributed by atoms with van der Waals surface area (Å²) in [5.74, 6) is -1.61. The minimum atomic E-state index is -0.903. The normalized spacial score (nSPS) is 19.2.